The first-order valence-electron chi connectivity index (χ1n) is 31.3. The quantitative estimate of drug-likeness (QED) is 0.163. The zero-order valence-corrected chi connectivity index (χ0v) is 52.2. The minimum absolute atomic E-state index is 0.00420. The summed E-state index contributed by atoms with van der Waals surface area (Å²) >= 11 is 3.86. The van der Waals surface area contributed by atoms with Gasteiger partial charge in [0.1, 0.15) is 0 Å². The van der Waals surface area contributed by atoms with Crippen molar-refractivity contribution >= 4 is 132 Å². The second-order valence-electron chi connectivity index (χ2n) is 29.2. The van der Waals surface area contributed by atoms with Crippen LogP contribution in [-0.2, 0) is 27.1 Å². The molecule has 9 aromatic carbocycles. The lowest BCUT2D eigenvalue weighted by molar-refractivity contribution is 0.195. The molecule has 416 valence electrons. The van der Waals surface area contributed by atoms with E-state index in [2.05, 4.69) is 254 Å². The van der Waals surface area contributed by atoms with Crippen LogP contribution in [0.25, 0.3) is 51.5 Å². The second kappa shape index (κ2) is 17.3. The Kier molecular flexibility index (Phi) is 10.6. The van der Waals surface area contributed by atoms with Gasteiger partial charge in [0.05, 0.1) is 16.9 Å². The fraction of sp³-hybridized carbons (Fsp3) is 0.308. The van der Waals surface area contributed by atoms with Gasteiger partial charge in [0.25, 0.3) is 6.71 Å². The first-order chi connectivity index (χ1) is 40.4. The average Bonchev–Trinajstić information content (AvgIpc) is 1.25. The molecule has 84 heavy (non-hydrogen) atoms. The van der Waals surface area contributed by atoms with Gasteiger partial charge < -0.3 is 14.7 Å². The van der Waals surface area contributed by atoms with E-state index in [0.717, 1.165) is 38.5 Å². The molecule has 6 aliphatic rings. The van der Waals surface area contributed by atoms with Crippen LogP contribution in [0.4, 0.5) is 45.5 Å². The van der Waals surface area contributed by atoms with Gasteiger partial charge in [0.2, 0.25) is 0 Å². The van der Waals surface area contributed by atoms with Crippen molar-refractivity contribution < 1.29 is 0 Å². The Balaban J connectivity index is 1.06. The number of hydrogen-bond donors (Lipinski definition) is 0. The highest BCUT2D eigenvalue weighted by Gasteiger charge is 2.59. The number of fused-ring (bicyclic) bond motifs is 15. The molecule has 17 rings (SSSR count). The van der Waals surface area contributed by atoms with Crippen LogP contribution in [0.3, 0.4) is 0 Å². The zero-order chi connectivity index (χ0) is 57.2. The summed E-state index contributed by atoms with van der Waals surface area (Å²) in [5, 5.41) is 5.33. The number of thiophene rings is 2. The molecule has 1 fully saturated rings. The van der Waals surface area contributed by atoms with E-state index >= 15 is 0 Å². The van der Waals surface area contributed by atoms with Crippen molar-refractivity contribution in [3.8, 4) is 11.1 Å². The van der Waals surface area contributed by atoms with E-state index in [9.17, 15) is 0 Å². The lowest BCUT2D eigenvalue weighted by Crippen LogP contribution is -2.62. The predicted molar refractivity (Wildman–Crippen MR) is 365 cm³/mol. The maximum atomic E-state index is 2.88. The van der Waals surface area contributed by atoms with Crippen molar-refractivity contribution in [2.45, 2.75) is 153 Å². The van der Waals surface area contributed by atoms with E-state index in [4.69, 9.17) is 0 Å². The molecule has 3 nitrogen and oxygen atoms in total. The Labute approximate surface area is 505 Å². The lowest BCUT2D eigenvalue weighted by atomic mass is 9.32. The summed E-state index contributed by atoms with van der Waals surface area (Å²) in [4.78, 5) is 8.49. The standard InChI is InChI=1S/C78H74BN3S2/c1-73(2)36-38-75(5,6)54-45-62-57(43-52(54)73)79-58-44-53-55(76(7,8)39-37-74(53,3)4)46-63(58)81(61-27-21-31-69-71(61)51-25-15-17-29-67(51)84-69)65-42-49(41-64(72(65)79)80(62)60-26-20-30-68-70(60)50-24-14-16-28-66(50)83-68)82-59-33-32-48(47-22-12-11-13-23-47)40-56(59)77(9)34-18-19-35-78(77,82)10/h11-17,20-33,40-46H,18-19,34-39H2,1-10H3. The number of benzene rings is 9. The fourth-order valence-corrected chi connectivity index (χ4v) is 19.8. The molecule has 0 radical (unpaired) electrons. The summed E-state index contributed by atoms with van der Waals surface area (Å²) in [5.74, 6) is 0. The van der Waals surface area contributed by atoms with Crippen molar-refractivity contribution in [1.82, 2.24) is 0 Å². The first-order valence-corrected chi connectivity index (χ1v) is 33.0. The van der Waals surface area contributed by atoms with Gasteiger partial charge in [0.15, 0.2) is 0 Å². The van der Waals surface area contributed by atoms with Crippen LogP contribution >= 0.6 is 22.7 Å². The third-order valence-corrected chi connectivity index (χ3v) is 25.0. The highest BCUT2D eigenvalue weighted by Crippen LogP contribution is 2.63. The Morgan fingerprint density at radius 3 is 1.35 bits per heavy atom. The minimum Gasteiger partial charge on any atom is -0.334 e. The number of rotatable bonds is 4. The molecule has 0 spiro atoms. The van der Waals surface area contributed by atoms with Crippen molar-refractivity contribution in [2.75, 3.05) is 14.7 Å². The Bertz CT molecular complexity index is 4420. The van der Waals surface area contributed by atoms with E-state index < -0.39 is 0 Å². The Hall–Kier alpha value is -7.12. The molecule has 0 bridgehead atoms. The molecule has 0 N–H and O–H groups in total. The molecule has 6 heteroatoms. The molecule has 0 amide bonds. The largest absolute Gasteiger partial charge is 0.334 e. The van der Waals surface area contributed by atoms with Crippen LogP contribution in [0.5, 0.6) is 0 Å². The van der Waals surface area contributed by atoms with Gasteiger partial charge in [0, 0.05) is 79.9 Å². The van der Waals surface area contributed by atoms with Gasteiger partial charge in [-0.05, 0) is 195 Å². The summed E-state index contributed by atoms with van der Waals surface area (Å²) in [6.45, 7) is 25.4. The molecule has 3 aliphatic carbocycles. The Morgan fingerprint density at radius 1 is 0.357 bits per heavy atom. The van der Waals surface area contributed by atoms with Gasteiger partial charge in [-0.2, -0.15) is 0 Å². The first kappa shape index (κ1) is 51.3. The highest BCUT2D eigenvalue weighted by atomic mass is 32.1. The minimum atomic E-state index is -0.200. The third kappa shape index (κ3) is 6.87. The number of hydrogen-bond acceptors (Lipinski definition) is 5. The summed E-state index contributed by atoms with van der Waals surface area (Å²) in [6.07, 6.45) is 9.32. The summed E-state index contributed by atoms with van der Waals surface area (Å²) in [5.41, 5.74) is 24.5. The van der Waals surface area contributed by atoms with Crippen molar-refractivity contribution in [3.63, 3.8) is 0 Å². The van der Waals surface area contributed by atoms with Crippen LogP contribution in [-0.4, -0.2) is 12.3 Å². The van der Waals surface area contributed by atoms with Gasteiger partial charge in [-0.3, -0.25) is 0 Å². The van der Waals surface area contributed by atoms with Crippen LogP contribution in [0.15, 0.2) is 170 Å². The summed E-state index contributed by atoms with van der Waals surface area (Å²) in [6, 6.07) is 67.6. The number of anilines is 8. The van der Waals surface area contributed by atoms with Crippen LogP contribution in [0, 0.1) is 0 Å². The van der Waals surface area contributed by atoms with Gasteiger partial charge in [-0.15, -0.1) is 22.7 Å². The van der Waals surface area contributed by atoms with E-state index in [1.54, 1.807) is 0 Å². The highest BCUT2D eigenvalue weighted by molar-refractivity contribution is 7.26. The molecule has 11 aromatic rings. The van der Waals surface area contributed by atoms with Crippen molar-refractivity contribution in [3.05, 3.63) is 198 Å². The van der Waals surface area contributed by atoms with E-state index in [1.807, 2.05) is 22.7 Å². The second-order valence-corrected chi connectivity index (χ2v) is 31.4. The molecule has 5 heterocycles. The zero-order valence-electron chi connectivity index (χ0n) is 50.6. The Morgan fingerprint density at radius 2 is 0.821 bits per heavy atom. The molecular weight excluding hydrogens is 1050 g/mol. The van der Waals surface area contributed by atoms with E-state index in [1.165, 1.54) is 154 Å². The lowest BCUT2D eigenvalue weighted by Gasteiger charge is -2.51. The molecule has 3 aliphatic heterocycles. The van der Waals surface area contributed by atoms with Crippen molar-refractivity contribution in [2.24, 2.45) is 0 Å². The molecular formula is C78H74BN3S2. The van der Waals surface area contributed by atoms with Crippen LogP contribution < -0.4 is 31.1 Å². The fourth-order valence-electron chi connectivity index (χ4n) is 17.6. The van der Waals surface area contributed by atoms with Gasteiger partial charge >= 0.3 is 0 Å². The maximum Gasteiger partial charge on any atom is 0.252 e. The summed E-state index contributed by atoms with van der Waals surface area (Å²) in [7, 11) is 0. The topological polar surface area (TPSA) is 9.72 Å². The summed E-state index contributed by atoms with van der Waals surface area (Å²) < 4.78 is 5.32. The van der Waals surface area contributed by atoms with Crippen molar-refractivity contribution in [1.29, 1.82) is 0 Å². The maximum absolute atomic E-state index is 2.88. The molecule has 2 unspecified atom stereocenters. The smallest absolute Gasteiger partial charge is 0.252 e. The van der Waals surface area contributed by atoms with Crippen LogP contribution in [0.2, 0.25) is 0 Å². The number of nitrogens with zero attached hydrogens (tertiary/aromatic N) is 3. The predicted octanol–water partition coefficient (Wildman–Crippen LogP) is 20.6. The monoisotopic (exact) mass is 1130 g/mol. The van der Waals surface area contributed by atoms with Gasteiger partial charge in [-0.1, -0.05) is 172 Å². The third-order valence-electron chi connectivity index (χ3n) is 22.7. The van der Waals surface area contributed by atoms with E-state index in [0.29, 0.717) is 0 Å². The van der Waals surface area contributed by atoms with Gasteiger partial charge in [-0.25, -0.2) is 0 Å². The molecule has 2 atom stereocenters. The SMILES string of the molecule is CC1(C)CCC(C)(C)c2cc3c(cc21)B1c2cc4c(cc2N(c2cccc5sc6ccccc6c25)c2cc(N5c6ccc(-c7ccccc7)cc6C6(C)CCCCC56C)cc(c21)N3c1cccc2sc3ccccc3c12)C(C)(C)CCC4(C)C. The van der Waals surface area contributed by atoms with E-state index in [-0.39, 0.29) is 39.3 Å². The average molecular weight is 1130 g/mol. The molecule has 1 saturated carbocycles. The van der Waals surface area contributed by atoms with Crippen LogP contribution in [0.1, 0.15) is 148 Å². The molecule has 2 aromatic heterocycles. The normalized spacial score (nSPS) is 21.9. The molecule has 0 saturated heterocycles.